The standard InChI is InChI=1S/C23H19N3O4/c1-14-18-19(22(28)26(21(18)27)17-11-7-4-8-12-17)20(15(2)24-14)25-23(29)30-13-16-9-5-3-6-10-16/h3-12H,13H2,1-2H3,(H,25,29). The summed E-state index contributed by atoms with van der Waals surface area (Å²) in [6, 6.07) is 17.9. The van der Waals surface area contributed by atoms with E-state index in [2.05, 4.69) is 10.3 Å². The van der Waals surface area contributed by atoms with Gasteiger partial charge in [-0.25, -0.2) is 9.69 Å². The third kappa shape index (κ3) is 3.41. The molecule has 3 amide bonds. The van der Waals surface area contributed by atoms with Crippen LogP contribution in [0.4, 0.5) is 16.2 Å². The van der Waals surface area contributed by atoms with E-state index in [0.29, 0.717) is 17.1 Å². The van der Waals surface area contributed by atoms with Gasteiger partial charge in [0.05, 0.1) is 33.9 Å². The second-order valence-electron chi connectivity index (χ2n) is 6.88. The lowest BCUT2D eigenvalue weighted by molar-refractivity contribution is 0.0926. The van der Waals surface area contributed by atoms with Crippen LogP contribution in [0.5, 0.6) is 0 Å². The number of aryl methyl sites for hydroxylation is 2. The summed E-state index contributed by atoms with van der Waals surface area (Å²) in [4.78, 5) is 44.0. The molecule has 1 aliphatic heterocycles. The fourth-order valence-electron chi connectivity index (χ4n) is 3.47. The Morgan fingerprint density at radius 3 is 2.17 bits per heavy atom. The Morgan fingerprint density at radius 1 is 0.900 bits per heavy atom. The number of nitrogens with one attached hydrogen (secondary N) is 1. The van der Waals surface area contributed by atoms with Gasteiger partial charge < -0.3 is 4.74 Å². The molecule has 0 fully saturated rings. The second-order valence-corrected chi connectivity index (χ2v) is 6.88. The number of amides is 3. The highest BCUT2D eigenvalue weighted by atomic mass is 16.5. The van der Waals surface area contributed by atoms with E-state index in [1.165, 1.54) is 0 Å². The van der Waals surface area contributed by atoms with Crippen LogP contribution >= 0.6 is 0 Å². The molecular weight excluding hydrogens is 382 g/mol. The minimum Gasteiger partial charge on any atom is -0.444 e. The van der Waals surface area contributed by atoms with E-state index in [-0.39, 0.29) is 23.4 Å². The lowest BCUT2D eigenvalue weighted by Gasteiger charge is -2.14. The maximum atomic E-state index is 13.2. The molecule has 0 bridgehead atoms. The molecule has 1 aliphatic rings. The molecule has 0 unspecified atom stereocenters. The zero-order valence-corrected chi connectivity index (χ0v) is 16.5. The fraction of sp³-hybridized carbons (Fsp3) is 0.130. The predicted octanol–water partition coefficient (Wildman–Crippen LogP) is 4.25. The molecule has 0 aliphatic carbocycles. The molecular formula is C23H19N3O4. The number of imide groups is 1. The Morgan fingerprint density at radius 2 is 1.50 bits per heavy atom. The lowest BCUT2D eigenvalue weighted by Crippen LogP contribution is -2.29. The van der Waals surface area contributed by atoms with E-state index >= 15 is 0 Å². The minimum absolute atomic E-state index is 0.0796. The Kier molecular flexibility index (Phi) is 5.02. The molecule has 1 aromatic heterocycles. The van der Waals surface area contributed by atoms with Gasteiger partial charge in [0.1, 0.15) is 6.61 Å². The minimum atomic E-state index is -0.729. The molecule has 0 saturated heterocycles. The highest BCUT2D eigenvalue weighted by molar-refractivity contribution is 6.36. The van der Waals surface area contributed by atoms with Crippen LogP contribution in [0, 0.1) is 13.8 Å². The van der Waals surface area contributed by atoms with Crippen molar-refractivity contribution in [3.05, 3.63) is 88.7 Å². The molecule has 0 spiro atoms. The first-order valence-electron chi connectivity index (χ1n) is 9.40. The van der Waals surface area contributed by atoms with Crippen LogP contribution in [0.2, 0.25) is 0 Å². The largest absolute Gasteiger partial charge is 0.444 e. The molecule has 2 aromatic carbocycles. The normalized spacial score (nSPS) is 12.7. The van der Waals surface area contributed by atoms with Crippen molar-refractivity contribution in [2.75, 3.05) is 10.2 Å². The molecule has 3 aromatic rings. The Bertz CT molecular complexity index is 1140. The van der Waals surface area contributed by atoms with Gasteiger partial charge >= 0.3 is 6.09 Å². The summed E-state index contributed by atoms with van der Waals surface area (Å²) in [6.45, 7) is 3.42. The van der Waals surface area contributed by atoms with Gasteiger partial charge in [0.25, 0.3) is 11.8 Å². The number of nitrogens with zero attached hydrogens (tertiary/aromatic N) is 2. The first-order chi connectivity index (χ1) is 14.5. The van der Waals surface area contributed by atoms with E-state index in [1.54, 1.807) is 44.2 Å². The third-order valence-electron chi connectivity index (χ3n) is 4.85. The third-order valence-corrected chi connectivity index (χ3v) is 4.85. The van der Waals surface area contributed by atoms with Crippen LogP contribution in [-0.4, -0.2) is 22.9 Å². The van der Waals surface area contributed by atoms with Gasteiger partial charge in [-0.2, -0.15) is 0 Å². The van der Waals surface area contributed by atoms with E-state index in [0.717, 1.165) is 10.5 Å². The summed E-state index contributed by atoms with van der Waals surface area (Å²) < 4.78 is 5.26. The first kappa shape index (κ1) is 19.3. The fourth-order valence-corrected chi connectivity index (χ4v) is 3.47. The number of hydrogen-bond donors (Lipinski definition) is 1. The number of carbonyl (C=O) groups excluding carboxylic acids is 3. The van der Waals surface area contributed by atoms with Crippen LogP contribution in [0.3, 0.4) is 0 Å². The SMILES string of the molecule is Cc1nc(C)c2c(c1NC(=O)OCc1ccccc1)C(=O)N(c1ccccc1)C2=O. The van der Waals surface area contributed by atoms with Crippen LogP contribution in [0.25, 0.3) is 0 Å². The molecule has 0 radical (unpaired) electrons. The molecule has 1 N–H and O–H groups in total. The van der Waals surface area contributed by atoms with Crippen molar-refractivity contribution in [2.24, 2.45) is 0 Å². The number of carbonyl (C=O) groups is 3. The quantitative estimate of drug-likeness (QED) is 0.661. The topological polar surface area (TPSA) is 88.6 Å². The van der Waals surface area contributed by atoms with Gasteiger partial charge in [0.2, 0.25) is 0 Å². The average molecular weight is 401 g/mol. The molecule has 0 saturated carbocycles. The Balaban J connectivity index is 1.64. The summed E-state index contributed by atoms with van der Waals surface area (Å²) in [5.41, 5.74) is 2.65. The van der Waals surface area contributed by atoms with E-state index in [4.69, 9.17) is 4.74 Å². The van der Waals surface area contributed by atoms with Crippen molar-refractivity contribution in [2.45, 2.75) is 20.5 Å². The van der Waals surface area contributed by atoms with Crippen molar-refractivity contribution in [3.63, 3.8) is 0 Å². The van der Waals surface area contributed by atoms with Crippen LogP contribution in [0.1, 0.15) is 37.7 Å². The highest BCUT2D eigenvalue weighted by Crippen LogP contribution is 2.35. The Hall–Kier alpha value is -4.00. The summed E-state index contributed by atoms with van der Waals surface area (Å²) >= 11 is 0. The molecule has 0 atom stereocenters. The first-order valence-corrected chi connectivity index (χ1v) is 9.40. The maximum absolute atomic E-state index is 13.2. The van der Waals surface area contributed by atoms with Gasteiger partial charge in [-0.05, 0) is 31.5 Å². The van der Waals surface area contributed by atoms with Crippen LogP contribution in [-0.2, 0) is 11.3 Å². The predicted molar refractivity (Wildman–Crippen MR) is 112 cm³/mol. The average Bonchev–Trinajstić information content (AvgIpc) is 3.01. The number of ether oxygens (including phenoxy) is 1. The van der Waals surface area contributed by atoms with Crippen LogP contribution in [0.15, 0.2) is 60.7 Å². The number of pyridine rings is 1. The number of anilines is 2. The summed E-state index contributed by atoms with van der Waals surface area (Å²) in [7, 11) is 0. The number of para-hydroxylation sites is 1. The van der Waals surface area contributed by atoms with E-state index in [9.17, 15) is 14.4 Å². The number of fused-ring (bicyclic) bond motifs is 1. The lowest BCUT2D eigenvalue weighted by atomic mass is 10.1. The second kappa shape index (κ2) is 7.79. The molecule has 2 heterocycles. The monoisotopic (exact) mass is 401 g/mol. The van der Waals surface area contributed by atoms with Crippen molar-refractivity contribution >= 4 is 29.3 Å². The summed E-state index contributed by atoms with van der Waals surface area (Å²) in [5.74, 6) is -0.972. The van der Waals surface area contributed by atoms with E-state index < -0.39 is 17.9 Å². The van der Waals surface area contributed by atoms with Gasteiger partial charge in [-0.1, -0.05) is 48.5 Å². The molecule has 7 heteroatoms. The zero-order chi connectivity index (χ0) is 21.3. The van der Waals surface area contributed by atoms with Gasteiger partial charge in [-0.3, -0.25) is 19.9 Å². The molecule has 30 heavy (non-hydrogen) atoms. The highest BCUT2D eigenvalue weighted by Gasteiger charge is 2.41. The maximum Gasteiger partial charge on any atom is 0.412 e. The van der Waals surface area contributed by atoms with Gasteiger partial charge in [0, 0.05) is 0 Å². The van der Waals surface area contributed by atoms with Gasteiger partial charge in [0.15, 0.2) is 0 Å². The number of benzene rings is 2. The zero-order valence-electron chi connectivity index (χ0n) is 16.5. The van der Waals surface area contributed by atoms with Crippen molar-refractivity contribution in [3.8, 4) is 0 Å². The van der Waals surface area contributed by atoms with Gasteiger partial charge in [-0.15, -0.1) is 0 Å². The van der Waals surface area contributed by atoms with Crippen molar-refractivity contribution in [1.29, 1.82) is 0 Å². The molecule has 7 nitrogen and oxygen atoms in total. The number of aromatic nitrogens is 1. The molecule has 4 rings (SSSR count). The van der Waals surface area contributed by atoms with Crippen molar-refractivity contribution in [1.82, 2.24) is 4.98 Å². The number of hydrogen-bond acceptors (Lipinski definition) is 5. The van der Waals surface area contributed by atoms with Crippen LogP contribution < -0.4 is 10.2 Å². The number of rotatable bonds is 4. The summed E-state index contributed by atoms with van der Waals surface area (Å²) in [5, 5.41) is 2.61. The Labute approximate surface area is 173 Å². The van der Waals surface area contributed by atoms with Crippen molar-refractivity contribution < 1.29 is 19.1 Å². The smallest absolute Gasteiger partial charge is 0.412 e. The van der Waals surface area contributed by atoms with E-state index in [1.807, 2.05) is 30.3 Å². The summed E-state index contributed by atoms with van der Waals surface area (Å²) in [6.07, 6.45) is -0.729. The molecule has 150 valence electrons.